The maximum Gasteiger partial charge on any atom is 0.163 e. The number of hydrogen-bond acceptors (Lipinski definition) is 4. The van der Waals surface area contributed by atoms with Crippen molar-refractivity contribution in [2.75, 3.05) is 19.8 Å². The zero-order valence-electron chi connectivity index (χ0n) is 15.4. The molecule has 25 heavy (non-hydrogen) atoms. The number of fused-ring (bicyclic) bond motifs is 2. The third-order valence-electron chi connectivity index (χ3n) is 4.99. The summed E-state index contributed by atoms with van der Waals surface area (Å²) in [4.78, 5) is 4.80. The van der Waals surface area contributed by atoms with E-state index in [0.29, 0.717) is 13.2 Å². The van der Waals surface area contributed by atoms with Gasteiger partial charge in [-0.2, -0.15) is 0 Å². The Morgan fingerprint density at radius 1 is 0.920 bits per heavy atom. The molecule has 0 saturated heterocycles. The van der Waals surface area contributed by atoms with E-state index in [1.807, 2.05) is 6.07 Å². The predicted octanol–water partition coefficient (Wildman–Crippen LogP) is 3.97. The fourth-order valence-electron chi connectivity index (χ4n) is 3.49. The minimum absolute atomic E-state index is 0.615. The minimum atomic E-state index is 0.615. The van der Waals surface area contributed by atoms with Crippen molar-refractivity contribution in [1.82, 2.24) is 9.55 Å². The summed E-state index contributed by atoms with van der Waals surface area (Å²) in [6.45, 7) is 2.07. The second-order valence-corrected chi connectivity index (χ2v) is 6.94. The topological polar surface area (TPSA) is 62.3 Å². The lowest BCUT2D eigenvalue weighted by atomic mass is 10.1. The van der Waals surface area contributed by atoms with E-state index in [1.54, 1.807) is 0 Å². The van der Waals surface area contributed by atoms with Crippen molar-refractivity contribution in [1.29, 1.82) is 0 Å². The monoisotopic (exact) mass is 345 g/mol. The average Bonchev–Trinajstić information content (AvgIpc) is 2.94. The summed E-state index contributed by atoms with van der Waals surface area (Å²) in [7, 11) is 2.10. The smallest absolute Gasteiger partial charge is 0.163 e. The number of rotatable bonds is 10. The van der Waals surface area contributed by atoms with Crippen LogP contribution in [0.4, 0.5) is 0 Å². The SMILES string of the molecule is Cn1c(CCCCCCCCCCN)nc2cc3c(cc21)OCCO3. The van der Waals surface area contributed by atoms with Gasteiger partial charge in [0.25, 0.3) is 0 Å². The van der Waals surface area contributed by atoms with Crippen LogP contribution in [0.15, 0.2) is 12.1 Å². The van der Waals surface area contributed by atoms with Crippen LogP contribution >= 0.6 is 0 Å². The molecule has 5 nitrogen and oxygen atoms in total. The molecule has 0 atom stereocenters. The van der Waals surface area contributed by atoms with Crippen molar-refractivity contribution in [3.8, 4) is 11.5 Å². The van der Waals surface area contributed by atoms with Gasteiger partial charge in [-0.05, 0) is 19.4 Å². The van der Waals surface area contributed by atoms with E-state index in [4.69, 9.17) is 20.2 Å². The summed E-state index contributed by atoms with van der Waals surface area (Å²) >= 11 is 0. The molecule has 0 aliphatic carbocycles. The summed E-state index contributed by atoms with van der Waals surface area (Å²) in [6.07, 6.45) is 11.3. The van der Waals surface area contributed by atoms with Crippen LogP contribution in [0.2, 0.25) is 0 Å². The highest BCUT2D eigenvalue weighted by atomic mass is 16.6. The molecule has 1 aliphatic heterocycles. The number of ether oxygens (including phenoxy) is 2. The van der Waals surface area contributed by atoms with Gasteiger partial charge in [-0.1, -0.05) is 38.5 Å². The standard InChI is InChI=1S/C20H31N3O2/c1-23-17-15-19-18(24-12-13-25-19)14-16(17)22-20(23)10-8-6-4-2-3-5-7-9-11-21/h14-15H,2-13,21H2,1H3. The molecular formula is C20H31N3O2. The molecule has 3 rings (SSSR count). The van der Waals surface area contributed by atoms with Crippen molar-refractivity contribution in [2.24, 2.45) is 12.8 Å². The van der Waals surface area contributed by atoms with Gasteiger partial charge in [0.1, 0.15) is 19.0 Å². The first-order valence-electron chi connectivity index (χ1n) is 9.74. The molecule has 0 bridgehead atoms. The molecule has 2 N–H and O–H groups in total. The van der Waals surface area contributed by atoms with Crippen LogP contribution in [-0.2, 0) is 13.5 Å². The Labute approximate surface area is 150 Å². The summed E-state index contributed by atoms with van der Waals surface area (Å²) in [5, 5.41) is 0. The van der Waals surface area contributed by atoms with E-state index < -0.39 is 0 Å². The minimum Gasteiger partial charge on any atom is -0.486 e. The van der Waals surface area contributed by atoms with Gasteiger partial charge in [0, 0.05) is 25.6 Å². The molecule has 0 fully saturated rings. The van der Waals surface area contributed by atoms with Crippen LogP contribution in [0, 0.1) is 0 Å². The lowest BCUT2D eigenvalue weighted by Gasteiger charge is -2.18. The van der Waals surface area contributed by atoms with Crippen LogP contribution in [0.1, 0.15) is 57.2 Å². The lowest BCUT2D eigenvalue weighted by molar-refractivity contribution is 0.172. The number of benzene rings is 1. The number of aryl methyl sites for hydroxylation is 2. The van der Waals surface area contributed by atoms with E-state index in [2.05, 4.69) is 17.7 Å². The highest BCUT2D eigenvalue weighted by Crippen LogP contribution is 2.34. The quantitative estimate of drug-likeness (QED) is 0.662. The predicted molar refractivity (Wildman–Crippen MR) is 101 cm³/mol. The zero-order chi connectivity index (χ0) is 17.5. The maximum atomic E-state index is 5.68. The van der Waals surface area contributed by atoms with Crippen molar-refractivity contribution in [2.45, 2.75) is 57.8 Å². The van der Waals surface area contributed by atoms with Crippen LogP contribution < -0.4 is 15.2 Å². The number of hydrogen-bond donors (Lipinski definition) is 1. The van der Waals surface area contributed by atoms with Crippen LogP contribution in [0.5, 0.6) is 11.5 Å². The Bertz CT molecular complexity index is 681. The Kier molecular flexibility index (Phi) is 6.56. The third-order valence-corrected chi connectivity index (χ3v) is 4.99. The van der Waals surface area contributed by atoms with E-state index in [-0.39, 0.29) is 0 Å². The van der Waals surface area contributed by atoms with Gasteiger partial charge >= 0.3 is 0 Å². The van der Waals surface area contributed by atoms with Gasteiger partial charge in [-0.3, -0.25) is 0 Å². The Balaban J connectivity index is 1.46. The second-order valence-electron chi connectivity index (χ2n) is 6.94. The Morgan fingerprint density at radius 2 is 1.52 bits per heavy atom. The van der Waals surface area contributed by atoms with E-state index in [0.717, 1.165) is 41.3 Å². The molecule has 2 heterocycles. The second kappa shape index (κ2) is 9.09. The first-order chi connectivity index (χ1) is 12.3. The number of imidazole rings is 1. The first-order valence-corrected chi connectivity index (χ1v) is 9.74. The Hall–Kier alpha value is -1.75. The third kappa shape index (κ3) is 4.66. The molecule has 0 saturated carbocycles. The molecule has 138 valence electrons. The van der Waals surface area contributed by atoms with E-state index in [1.165, 1.54) is 51.4 Å². The molecule has 0 spiro atoms. The maximum absolute atomic E-state index is 5.68. The van der Waals surface area contributed by atoms with Crippen molar-refractivity contribution < 1.29 is 9.47 Å². The number of nitrogens with zero attached hydrogens (tertiary/aromatic N) is 2. The number of aromatic nitrogens is 2. The van der Waals surface area contributed by atoms with Gasteiger partial charge in [0.15, 0.2) is 11.5 Å². The van der Waals surface area contributed by atoms with Gasteiger partial charge < -0.3 is 19.8 Å². The number of unbranched alkanes of at least 4 members (excludes halogenated alkanes) is 7. The molecule has 0 radical (unpaired) electrons. The van der Waals surface area contributed by atoms with Crippen LogP contribution in [-0.4, -0.2) is 29.3 Å². The summed E-state index contributed by atoms with van der Waals surface area (Å²) in [6, 6.07) is 4.07. The van der Waals surface area contributed by atoms with E-state index in [9.17, 15) is 0 Å². The molecule has 1 aliphatic rings. The van der Waals surface area contributed by atoms with Crippen molar-refractivity contribution >= 4 is 11.0 Å². The van der Waals surface area contributed by atoms with Gasteiger partial charge in [-0.15, -0.1) is 0 Å². The normalized spacial score (nSPS) is 13.5. The zero-order valence-corrected chi connectivity index (χ0v) is 15.4. The van der Waals surface area contributed by atoms with Crippen molar-refractivity contribution in [3.63, 3.8) is 0 Å². The summed E-state index contributed by atoms with van der Waals surface area (Å²) in [5.74, 6) is 2.81. The van der Waals surface area contributed by atoms with E-state index >= 15 is 0 Å². The molecule has 2 aromatic rings. The largest absolute Gasteiger partial charge is 0.486 e. The fraction of sp³-hybridized carbons (Fsp3) is 0.650. The molecule has 5 heteroatoms. The summed E-state index contributed by atoms with van der Waals surface area (Å²) in [5.41, 5.74) is 7.64. The van der Waals surface area contributed by atoms with Gasteiger partial charge in [0.2, 0.25) is 0 Å². The van der Waals surface area contributed by atoms with Crippen LogP contribution in [0.25, 0.3) is 11.0 Å². The molecule has 1 aromatic heterocycles. The van der Waals surface area contributed by atoms with Crippen LogP contribution in [0.3, 0.4) is 0 Å². The molecular weight excluding hydrogens is 314 g/mol. The average molecular weight is 345 g/mol. The van der Waals surface area contributed by atoms with Crippen molar-refractivity contribution in [3.05, 3.63) is 18.0 Å². The molecule has 0 amide bonds. The highest BCUT2D eigenvalue weighted by molar-refractivity contribution is 5.80. The highest BCUT2D eigenvalue weighted by Gasteiger charge is 2.16. The van der Waals surface area contributed by atoms with Gasteiger partial charge in [-0.25, -0.2) is 4.98 Å². The van der Waals surface area contributed by atoms with Gasteiger partial charge in [0.05, 0.1) is 11.0 Å². The fourth-order valence-corrected chi connectivity index (χ4v) is 3.49. The number of nitrogens with two attached hydrogens (primary N) is 1. The lowest BCUT2D eigenvalue weighted by Crippen LogP contribution is -2.15. The molecule has 0 unspecified atom stereocenters. The Morgan fingerprint density at radius 3 is 2.20 bits per heavy atom. The summed E-state index contributed by atoms with van der Waals surface area (Å²) < 4.78 is 13.5. The molecule has 1 aromatic carbocycles. The first kappa shape index (κ1) is 18.1.